The van der Waals surface area contributed by atoms with Crippen molar-refractivity contribution in [2.45, 2.75) is 32.4 Å². The van der Waals surface area contributed by atoms with Gasteiger partial charge in [-0.05, 0) is 31.9 Å². The summed E-state index contributed by atoms with van der Waals surface area (Å²) >= 11 is 0. The van der Waals surface area contributed by atoms with Crippen molar-refractivity contribution in [3.8, 4) is 0 Å². The summed E-state index contributed by atoms with van der Waals surface area (Å²) in [6.07, 6.45) is 1.12. The SMILES string of the molecule is CCOC(=O)N1CCC(NC(=O)c2ccc(CN)o2)CC1. The number of nitrogens with zero attached hydrogens (tertiary/aromatic N) is 1. The number of hydrogen-bond donors (Lipinski definition) is 2. The number of likely N-dealkylation sites (tertiary alicyclic amines) is 1. The lowest BCUT2D eigenvalue weighted by Gasteiger charge is -2.31. The van der Waals surface area contributed by atoms with Gasteiger partial charge in [-0.1, -0.05) is 0 Å². The zero-order valence-corrected chi connectivity index (χ0v) is 12.1. The predicted molar refractivity (Wildman–Crippen MR) is 75.7 cm³/mol. The van der Waals surface area contributed by atoms with Gasteiger partial charge in [0.25, 0.3) is 5.91 Å². The third-order valence-electron chi connectivity index (χ3n) is 3.44. The quantitative estimate of drug-likeness (QED) is 0.866. The van der Waals surface area contributed by atoms with E-state index in [9.17, 15) is 9.59 Å². The number of ether oxygens (including phenoxy) is 1. The lowest BCUT2D eigenvalue weighted by molar-refractivity contribution is 0.0839. The summed E-state index contributed by atoms with van der Waals surface area (Å²) in [7, 11) is 0. The summed E-state index contributed by atoms with van der Waals surface area (Å²) in [5.41, 5.74) is 5.44. The number of carbonyl (C=O) groups excluding carboxylic acids is 2. The van der Waals surface area contributed by atoms with E-state index < -0.39 is 0 Å². The number of nitrogens with one attached hydrogen (secondary N) is 1. The van der Waals surface area contributed by atoms with Crippen LogP contribution >= 0.6 is 0 Å². The Hall–Kier alpha value is -2.02. The van der Waals surface area contributed by atoms with Crippen LogP contribution in [-0.2, 0) is 11.3 Å². The highest BCUT2D eigenvalue weighted by Crippen LogP contribution is 2.13. The molecule has 1 aliphatic rings. The van der Waals surface area contributed by atoms with E-state index in [0.717, 1.165) is 0 Å². The van der Waals surface area contributed by atoms with Crippen LogP contribution in [0, 0.1) is 0 Å². The highest BCUT2D eigenvalue weighted by molar-refractivity contribution is 5.91. The summed E-state index contributed by atoms with van der Waals surface area (Å²) in [6, 6.07) is 3.35. The van der Waals surface area contributed by atoms with Gasteiger partial charge in [-0.2, -0.15) is 0 Å². The molecule has 116 valence electrons. The summed E-state index contributed by atoms with van der Waals surface area (Å²) < 4.78 is 10.3. The van der Waals surface area contributed by atoms with Crippen LogP contribution in [0.15, 0.2) is 16.5 Å². The first-order valence-electron chi connectivity index (χ1n) is 7.15. The molecule has 21 heavy (non-hydrogen) atoms. The van der Waals surface area contributed by atoms with Crippen LogP contribution in [0.2, 0.25) is 0 Å². The summed E-state index contributed by atoms with van der Waals surface area (Å²) in [5, 5.41) is 2.91. The maximum Gasteiger partial charge on any atom is 0.409 e. The van der Waals surface area contributed by atoms with E-state index >= 15 is 0 Å². The molecule has 0 unspecified atom stereocenters. The van der Waals surface area contributed by atoms with Crippen molar-refractivity contribution < 1.29 is 18.7 Å². The number of carbonyl (C=O) groups is 2. The average molecular weight is 295 g/mol. The van der Waals surface area contributed by atoms with Crippen molar-refractivity contribution in [2.75, 3.05) is 19.7 Å². The predicted octanol–water partition coefficient (Wildman–Crippen LogP) is 1.09. The number of rotatable bonds is 4. The Morgan fingerprint density at radius 1 is 1.43 bits per heavy atom. The maximum absolute atomic E-state index is 12.0. The summed E-state index contributed by atoms with van der Waals surface area (Å²) in [6.45, 7) is 3.58. The van der Waals surface area contributed by atoms with Gasteiger partial charge in [-0.3, -0.25) is 4.79 Å². The molecule has 0 aliphatic carbocycles. The van der Waals surface area contributed by atoms with E-state index in [1.54, 1.807) is 24.0 Å². The smallest absolute Gasteiger partial charge is 0.409 e. The van der Waals surface area contributed by atoms with Crippen molar-refractivity contribution >= 4 is 12.0 Å². The standard InChI is InChI=1S/C14H21N3O4/c1-2-20-14(19)17-7-5-10(6-8-17)16-13(18)12-4-3-11(9-15)21-12/h3-4,10H,2,5-9,15H2,1H3,(H,16,18). The molecule has 0 radical (unpaired) electrons. The lowest BCUT2D eigenvalue weighted by atomic mass is 10.1. The van der Waals surface area contributed by atoms with Crippen molar-refractivity contribution in [1.29, 1.82) is 0 Å². The van der Waals surface area contributed by atoms with Crippen LogP contribution in [0.4, 0.5) is 4.79 Å². The van der Waals surface area contributed by atoms with Crippen LogP contribution in [0.5, 0.6) is 0 Å². The molecule has 7 heteroatoms. The van der Waals surface area contributed by atoms with Gasteiger partial charge in [-0.25, -0.2) is 4.79 Å². The number of amides is 2. The monoisotopic (exact) mass is 295 g/mol. The maximum atomic E-state index is 12.0. The summed E-state index contributed by atoms with van der Waals surface area (Å²) in [5.74, 6) is 0.602. The lowest BCUT2D eigenvalue weighted by Crippen LogP contribution is -2.46. The molecule has 1 saturated heterocycles. The fraction of sp³-hybridized carbons (Fsp3) is 0.571. The highest BCUT2D eigenvalue weighted by Gasteiger charge is 2.25. The molecule has 1 fully saturated rings. The molecule has 1 aromatic rings. The number of hydrogen-bond acceptors (Lipinski definition) is 5. The second-order valence-electron chi connectivity index (χ2n) is 4.90. The zero-order chi connectivity index (χ0) is 15.2. The Labute approximate surface area is 123 Å². The van der Waals surface area contributed by atoms with Gasteiger partial charge in [0.15, 0.2) is 5.76 Å². The number of furan rings is 1. The first-order valence-corrected chi connectivity index (χ1v) is 7.15. The molecule has 2 heterocycles. The molecule has 1 aliphatic heterocycles. The van der Waals surface area contributed by atoms with Gasteiger partial charge >= 0.3 is 6.09 Å². The van der Waals surface area contributed by atoms with Crippen LogP contribution < -0.4 is 11.1 Å². The van der Waals surface area contributed by atoms with Gasteiger partial charge in [-0.15, -0.1) is 0 Å². The van der Waals surface area contributed by atoms with Crippen molar-refractivity contribution in [2.24, 2.45) is 5.73 Å². The Bertz CT molecular complexity index is 492. The van der Waals surface area contributed by atoms with E-state index in [0.29, 0.717) is 38.3 Å². The van der Waals surface area contributed by atoms with Gasteiger partial charge in [0, 0.05) is 19.1 Å². The zero-order valence-electron chi connectivity index (χ0n) is 12.1. The fourth-order valence-corrected chi connectivity index (χ4v) is 2.29. The molecular weight excluding hydrogens is 274 g/mol. The molecule has 0 atom stereocenters. The molecule has 2 amide bonds. The van der Waals surface area contributed by atoms with E-state index in [4.69, 9.17) is 14.9 Å². The molecular formula is C14H21N3O4. The molecule has 7 nitrogen and oxygen atoms in total. The van der Waals surface area contributed by atoms with Gasteiger partial charge in [0.1, 0.15) is 5.76 Å². The van der Waals surface area contributed by atoms with Crippen LogP contribution in [0.3, 0.4) is 0 Å². The third-order valence-corrected chi connectivity index (χ3v) is 3.44. The van der Waals surface area contributed by atoms with E-state index in [2.05, 4.69) is 5.32 Å². The largest absolute Gasteiger partial charge is 0.455 e. The van der Waals surface area contributed by atoms with Crippen LogP contribution in [-0.4, -0.2) is 42.6 Å². The van der Waals surface area contributed by atoms with Crippen LogP contribution in [0.1, 0.15) is 36.1 Å². The topological polar surface area (TPSA) is 97.8 Å². The minimum Gasteiger partial charge on any atom is -0.455 e. The molecule has 3 N–H and O–H groups in total. The average Bonchev–Trinajstić information content (AvgIpc) is 2.97. The molecule has 0 spiro atoms. The Balaban J connectivity index is 1.80. The van der Waals surface area contributed by atoms with Crippen LogP contribution in [0.25, 0.3) is 0 Å². The second kappa shape index (κ2) is 7.12. The number of piperidine rings is 1. The third kappa shape index (κ3) is 3.98. The molecule has 2 rings (SSSR count). The van der Waals surface area contributed by atoms with Gasteiger partial charge < -0.3 is 25.1 Å². The minimum atomic E-state index is -0.291. The van der Waals surface area contributed by atoms with Crippen molar-refractivity contribution in [1.82, 2.24) is 10.2 Å². The van der Waals surface area contributed by atoms with E-state index in [1.807, 2.05) is 0 Å². The Morgan fingerprint density at radius 3 is 2.71 bits per heavy atom. The minimum absolute atomic E-state index is 0.0367. The van der Waals surface area contributed by atoms with Gasteiger partial charge in [0.2, 0.25) is 0 Å². The number of nitrogens with two attached hydrogens (primary N) is 1. The highest BCUT2D eigenvalue weighted by atomic mass is 16.6. The molecule has 1 aromatic heterocycles. The van der Waals surface area contributed by atoms with E-state index in [-0.39, 0.29) is 30.3 Å². The van der Waals surface area contributed by atoms with Gasteiger partial charge in [0.05, 0.1) is 13.2 Å². The Kier molecular flexibility index (Phi) is 5.21. The fourth-order valence-electron chi connectivity index (χ4n) is 2.29. The summed E-state index contributed by atoms with van der Waals surface area (Å²) in [4.78, 5) is 25.2. The molecule has 0 aromatic carbocycles. The molecule has 0 saturated carbocycles. The first kappa shape index (κ1) is 15.4. The van der Waals surface area contributed by atoms with E-state index in [1.165, 1.54) is 0 Å². The first-order chi connectivity index (χ1) is 10.1. The van der Waals surface area contributed by atoms with Crippen molar-refractivity contribution in [3.63, 3.8) is 0 Å². The molecule has 0 bridgehead atoms. The normalized spacial score (nSPS) is 15.8. The second-order valence-corrected chi connectivity index (χ2v) is 4.90. The van der Waals surface area contributed by atoms with Crippen molar-refractivity contribution in [3.05, 3.63) is 23.7 Å². The Morgan fingerprint density at radius 2 is 2.14 bits per heavy atom.